The molecule has 0 aromatic carbocycles. The largest absolute Gasteiger partial charge is 0.369 e. The SMILES string of the molecule is CS(=O)(=O)N1CCN(C(=O)CCC2CCCC2)CC(C(N)=O)C1. The van der Waals surface area contributed by atoms with Crippen LogP contribution in [0.25, 0.3) is 0 Å². The third kappa shape index (κ3) is 5.17. The van der Waals surface area contributed by atoms with Crippen LogP contribution in [-0.2, 0) is 19.6 Å². The lowest BCUT2D eigenvalue weighted by Gasteiger charge is -2.23. The molecule has 1 saturated heterocycles. The van der Waals surface area contributed by atoms with Crippen molar-refractivity contribution in [3.05, 3.63) is 0 Å². The molecule has 132 valence electrons. The zero-order valence-corrected chi connectivity index (χ0v) is 14.6. The summed E-state index contributed by atoms with van der Waals surface area (Å²) in [6, 6.07) is 0. The van der Waals surface area contributed by atoms with Crippen molar-refractivity contribution in [3.8, 4) is 0 Å². The lowest BCUT2D eigenvalue weighted by atomic mass is 10.0. The van der Waals surface area contributed by atoms with Crippen LogP contribution in [0.1, 0.15) is 38.5 Å². The van der Waals surface area contributed by atoms with Crippen LogP contribution in [0.15, 0.2) is 0 Å². The molecule has 1 aliphatic carbocycles. The summed E-state index contributed by atoms with van der Waals surface area (Å²) in [7, 11) is -3.40. The summed E-state index contributed by atoms with van der Waals surface area (Å²) in [5.74, 6) is -0.583. The van der Waals surface area contributed by atoms with Crippen LogP contribution in [0.5, 0.6) is 0 Å². The number of carbonyl (C=O) groups excluding carboxylic acids is 2. The van der Waals surface area contributed by atoms with Crippen molar-refractivity contribution >= 4 is 21.8 Å². The summed E-state index contributed by atoms with van der Waals surface area (Å²) in [6.45, 7) is 0.809. The number of hydrogen-bond donors (Lipinski definition) is 1. The van der Waals surface area contributed by atoms with Gasteiger partial charge in [-0.1, -0.05) is 25.7 Å². The molecule has 1 aliphatic heterocycles. The van der Waals surface area contributed by atoms with Crippen LogP contribution >= 0.6 is 0 Å². The predicted octanol–water partition coefficient (Wildman–Crippen LogP) is 0.162. The first-order valence-corrected chi connectivity index (χ1v) is 10.1. The Hall–Kier alpha value is -1.15. The van der Waals surface area contributed by atoms with Crippen LogP contribution in [0.3, 0.4) is 0 Å². The Labute approximate surface area is 138 Å². The summed E-state index contributed by atoms with van der Waals surface area (Å²) in [4.78, 5) is 25.6. The molecule has 1 heterocycles. The maximum absolute atomic E-state index is 12.4. The second-order valence-electron chi connectivity index (χ2n) is 6.75. The van der Waals surface area contributed by atoms with Crippen molar-refractivity contribution < 1.29 is 18.0 Å². The second-order valence-corrected chi connectivity index (χ2v) is 8.73. The van der Waals surface area contributed by atoms with Gasteiger partial charge in [0.25, 0.3) is 0 Å². The van der Waals surface area contributed by atoms with E-state index in [1.54, 1.807) is 4.90 Å². The molecule has 8 heteroatoms. The molecular weight excluding hydrogens is 318 g/mol. The fourth-order valence-electron chi connectivity index (χ4n) is 3.48. The lowest BCUT2D eigenvalue weighted by molar-refractivity contribution is -0.132. The first kappa shape index (κ1) is 18.2. The average molecular weight is 345 g/mol. The van der Waals surface area contributed by atoms with Gasteiger partial charge in [-0.3, -0.25) is 9.59 Å². The standard InChI is InChI=1S/C15H27N3O4S/c1-23(21,22)18-9-8-17(10-13(11-18)15(16)20)14(19)7-6-12-4-2-3-5-12/h12-13H,2-11H2,1H3,(H2,16,20). The Kier molecular flexibility index (Phi) is 6.02. The molecule has 2 rings (SSSR count). The zero-order chi connectivity index (χ0) is 17.0. The first-order chi connectivity index (χ1) is 10.8. The van der Waals surface area contributed by atoms with Gasteiger partial charge in [0.15, 0.2) is 0 Å². The topological polar surface area (TPSA) is 101 Å². The van der Waals surface area contributed by atoms with E-state index < -0.39 is 21.8 Å². The number of rotatable bonds is 5. The summed E-state index contributed by atoms with van der Waals surface area (Å²) in [6.07, 6.45) is 7.34. The Morgan fingerprint density at radius 3 is 2.35 bits per heavy atom. The second kappa shape index (κ2) is 7.61. The highest BCUT2D eigenvalue weighted by atomic mass is 32.2. The van der Waals surface area contributed by atoms with E-state index in [-0.39, 0.29) is 25.5 Å². The number of amides is 2. The highest BCUT2D eigenvalue weighted by Crippen LogP contribution is 2.28. The molecule has 2 aliphatic rings. The third-order valence-corrected chi connectivity index (χ3v) is 6.22. The monoisotopic (exact) mass is 345 g/mol. The zero-order valence-electron chi connectivity index (χ0n) is 13.7. The molecule has 1 unspecified atom stereocenters. The number of hydrogen-bond acceptors (Lipinski definition) is 4. The van der Waals surface area contributed by atoms with E-state index in [4.69, 9.17) is 5.73 Å². The van der Waals surface area contributed by atoms with E-state index in [0.717, 1.165) is 12.7 Å². The molecule has 7 nitrogen and oxygen atoms in total. The van der Waals surface area contributed by atoms with Gasteiger partial charge in [0.1, 0.15) is 0 Å². The smallest absolute Gasteiger partial charge is 0.223 e. The van der Waals surface area contributed by atoms with Gasteiger partial charge in [-0.25, -0.2) is 8.42 Å². The van der Waals surface area contributed by atoms with Gasteiger partial charge in [-0.15, -0.1) is 0 Å². The Morgan fingerprint density at radius 1 is 1.13 bits per heavy atom. The Balaban J connectivity index is 1.97. The summed E-state index contributed by atoms with van der Waals surface area (Å²) >= 11 is 0. The minimum atomic E-state index is -3.40. The predicted molar refractivity (Wildman–Crippen MR) is 86.9 cm³/mol. The molecule has 2 fully saturated rings. The lowest BCUT2D eigenvalue weighted by Crippen LogP contribution is -2.41. The summed E-state index contributed by atoms with van der Waals surface area (Å²) in [5, 5.41) is 0. The minimum absolute atomic E-state index is 0.00139. The van der Waals surface area contributed by atoms with E-state index >= 15 is 0 Å². The van der Waals surface area contributed by atoms with Gasteiger partial charge in [-0.05, 0) is 12.3 Å². The van der Waals surface area contributed by atoms with Crippen molar-refractivity contribution in [2.24, 2.45) is 17.6 Å². The van der Waals surface area contributed by atoms with Gasteiger partial charge >= 0.3 is 0 Å². The maximum atomic E-state index is 12.4. The van der Waals surface area contributed by atoms with Crippen LogP contribution in [0, 0.1) is 11.8 Å². The number of primary amides is 1. The highest BCUT2D eigenvalue weighted by Gasteiger charge is 2.32. The van der Waals surface area contributed by atoms with Crippen molar-refractivity contribution in [1.82, 2.24) is 9.21 Å². The Morgan fingerprint density at radius 2 is 1.78 bits per heavy atom. The van der Waals surface area contributed by atoms with Crippen LogP contribution in [-0.4, -0.2) is 61.9 Å². The van der Waals surface area contributed by atoms with Crippen molar-refractivity contribution in [1.29, 1.82) is 0 Å². The van der Waals surface area contributed by atoms with E-state index in [1.165, 1.54) is 30.0 Å². The molecule has 0 aromatic rings. The number of carbonyl (C=O) groups is 2. The van der Waals surface area contributed by atoms with Gasteiger partial charge < -0.3 is 10.6 Å². The fraction of sp³-hybridized carbons (Fsp3) is 0.867. The molecule has 2 N–H and O–H groups in total. The number of nitrogens with two attached hydrogens (primary N) is 1. The highest BCUT2D eigenvalue weighted by molar-refractivity contribution is 7.88. The van der Waals surface area contributed by atoms with Crippen LogP contribution in [0.2, 0.25) is 0 Å². The summed E-state index contributed by atoms with van der Waals surface area (Å²) < 4.78 is 24.8. The third-order valence-electron chi connectivity index (χ3n) is 4.95. The summed E-state index contributed by atoms with van der Waals surface area (Å²) in [5.41, 5.74) is 5.38. The molecule has 0 aromatic heterocycles. The minimum Gasteiger partial charge on any atom is -0.369 e. The van der Waals surface area contributed by atoms with Gasteiger partial charge in [-0.2, -0.15) is 4.31 Å². The maximum Gasteiger partial charge on any atom is 0.223 e. The quantitative estimate of drug-likeness (QED) is 0.767. The van der Waals surface area contributed by atoms with Crippen molar-refractivity contribution in [2.45, 2.75) is 38.5 Å². The van der Waals surface area contributed by atoms with Crippen molar-refractivity contribution in [2.75, 3.05) is 32.4 Å². The molecule has 0 radical (unpaired) electrons. The molecule has 2 amide bonds. The van der Waals surface area contributed by atoms with E-state index in [1.807, 2.05) is 0 Å². The normalized spacial score (nSPS) is 24.6. The van der Waals surface area contributed by atoms with Crippen LogP contribution in [0.4, 0.5) is 0 Å². The van der Waals surface area contributed by atoms with E-state index in [2.05, 4.69) is 0 Å². The average Bonchev–Trinajstić information content (AvgIpc) is 2.86. The van der Waals surface area contributed by atoms with E-state index in [9.17, 15) is 18.0 Å². The number of sulfonamides is 1. The van der Waals surface area contributed by atoms with Crippen LogP contribution < -0.4 is 5.73 Å². The van der Waals surface area contributed by atoms with Gasteiger partial charge in [0.2, 0.25) is 21.8 Å². The van der Waals surface area contributed by atoms with Gasteiger partial charge in [0, 0.05) is 32.6 Å². The number of nitrogens with zero attached hydrogens (tertiary/aromatic N) is 2. The molecular formula is C15H27N3O4S. The molecule has 1 atom stereocenters. The first-order valence-electron chi connectivity index (χ1n) is 8.29. The van der Waals surface area contributed by atoms with Crippen molar-refractivity contribution in [3.63, 3.8) is 0 Å². The molecule has 23 heavy (non-hydrogen) atoms. The fourth-order valence-corrected chi connectivity index (χ4v) is 4.34. The Bertz CT molecular complexity index is 543. The molecule has 0 bridgehead atoms. The molecule has 0 spiro atoms. The molecule has 1 saturated carbocycles. The van der Waals surface area contributed by atoms with Gasteiger partial charge in [0.05, 0.1) is 12.2 Å². The van der Waals surface area contributed by atoms with E-state index in [0.29, 0.717) is 18.9 Å².